The Balaban J connectivity index is 1.67. The molecule has 168 valence electrons. The molecule has 1 aromatic heterocycles. The van der Waals surface area contributed by atoms with Crippen molar-refractivity contribution in [2.75, 3.05) is 6.61 Å². The van der Waals surface area contributed by atoms with E-state index in [-0.39, 0.29) is 18.6 Å². The van der Waals surface area contributed by atoms with Crippen molar-refractivity contribution < 1.29 is 19.1 Å². The summed E-state index contributed by atoms with van der Waals surface area (Å²) in [5.41, 5.74) is 3.39. The second kappa shape index (κ2) is 9.68. The average molecular weight is 436 g/mol. The number of nitrogens with zero attached hydrogens (tertiary/aromatic N) is 1. The van der Waals surface area contributed by atoms with Crippen molar-refractivity contribution in [3.63, 3.8) is 0 Å². The van der Waals surface area contributed by atoms with Crippen molar-refractivity contribution in [3.05, 3.63) is 60.2 Å². The molecule has 0 atom stereocenters. The molecular formula is C25H29N3O4. The molecule has 1 amide bonds. The Bertz CT molecular complexity index is 1080. The molecule has 7 nitrogen and oxygen atoms in total. The van der Waals surface area contributed by atoms with Gasteiger partial charge in [-0.15, -0.1) is 0 Å². The molecule has 2 N–H and O–H groups in total. The lowest BCUT2D eigenvalue weighted by Crippen LogP contribution is -2.30. The van der Waals surface area contributed by atoms with E-state index in [1.165, 1.54) is 0 Å². The smallest absolute Gasteiger partial charge is 0.344 e. The van der Waals surface area contributed by atoms with Crippen molar-refractivity contribution in [1.82, 2.24) is 15.5 Å². The number of aromatic amines is 1. The molecule has 0 aliphatic rings. The first-order chi connectivity index (χ1) is 15.1. The van der Waals surface area contributed by atoms with E-state index in [1.54, 1.807) is 18.2 Å². The molecule has 0 aliphatic carbocycles. The van der Waals surface area contributed by atoms with E-state index in [9.17, 15) is 9.59 Å². The summed E-state index contributed by atoms with van der Waals surface area (Å²) in [5.74, 6) is 0.0480. The summed E-state index contributed by atoms with van der Waals surface area (Å²) in [4.78, 5) is 24.1. The number of hydrogen-bond acceptors (Lipinski definition) is 5. The number of nitrogens with one attached hydrogen (secondary N) is 2. The minimum atomic E-state index is -0.541. The van der Waals surface area contributed by atoms with Gasteiger partial charge in [-0.1, -0.05) is 12.1 Å². The zero-order valence-corrected chi connectivity index (χ0v) is 19.1. The zero-order chi connectivity index (χ0) is 23.3. The molecule has 7 heteroatoms. The van der Waals surface area contributed by atoms with Crippen molar-refractivity contribution in [2.45, 2.75) is 46.3 Å². The SMILES string of the molecule is CC(C)NC(=O)c1cccc(-c2cc(-c3ccc(OCC(=O)OC(C)(C)C)cc3)[nH]n2)c1. The summed E-state index contributed by atoms with van der Waals surface area (Å²) >= 11 is 0. The molecule has 1 heterocycles. The van der Waals surface area contributed by atoms with Crippen LogP contribution in [-0.2, 0) is 9.53 Å². The van der Waals surface area contributed by atoms with Gasteiger partial charge in [0.05, 0.1) is 11.4 Å². The third kappa shape index (κ3) is 6.44. The van der Waals surface area contributed by atoms with Crippen molar-refractivity contribution in [2.24, 2.45) is 0 Å². The van der Waals surface area contributed by atoms with E-state index >= 15 is 0 Å². The number of ether oxygens (including phenoxy) is 2. The molecular weight excluding hydrogens is 406 g/mol. The summed E-state index contributed by atoms with van der Waals surface area (Å²) in [5, 5.41) is 10.3. The molecule has 32 heavy (non-hydrogen) atoms. The van der Waals surface area contributed by atoms with Crippen LogP contribution in [0.2, 0.25) is 0 Å². The molecule has 3 rings (SSSR count). The summed E-state index contributed by atoms with van der Waals surface area (Å²) < 4.78 is 10.7. The van der Waals surface area contributed by atoms with Gasteiger partial charge in [0.15, 0.2) is 6.61 Å². The Hall–Kier alpha value is -3.61. The molecule has 0 unspecified atom stereocenters. The number of carbonyl (C=O) groups excluding carboxylic acids is 2. The Labute approximate surface area is 188 Å². The van der Waals surface area contributed by atoms with Crippen LogP contribution in [0, 0.1) is 0 Å². The van der Waals surface area contributed by atoms with Gasteiger partial charge in [-0.05, 0) is 82.6 Å². The van der Waals surface area contributed by atoms with E-state index in [0.717, 1.165) is 22.5 Å². The Kier molecular flexibility index (Phi) is 6.98. The topological polar surface area (TPSA) is 93.3 Å². The lowest BCUT2D eigenvalue weighted by molar-refractivity contribution is -0.157. The maximum atomic E-state index is 12.3. The molecule has 0 fully saturated rings. The standard InChI is InChI=1S/C25H29N3O4/c1-16(2)26-24(30)19-8-6-7-18(13-19)22-14-21(27-28-22)17-9-11-20(12-10-17)31-15-23(29)32-25(3,4)5/h6-14,16H,15H2,1-5H3,(H,26,30)(H,27,28). The summed E-state index contributed by atoms with van der Waals surface area (Å²) in [7, 11) is 0. The van der Waals surface area contributed by atoms with Gasteiger partial charge in [-0.25, -0.2) is 4.79 Å². The Morgan fingerprint density at radius 2 is 1.75 bits per heavy atom. The Morgan fingerprint density at radius 1 is 1.03 bits per heavy atom. The highest BCUT2D eigenvalue weighted by atomic mass is 16.6. The van der Waals surface area contributed by atoms with Crippen LogP contribution in [0.15, 0.2) is 54.6 Å². The number of carbonyl (C=O) groups is 2. The largest absolute Gasteiger partial charge is 0.482 e. The molecule has 3 aromatic rings. The number of benzene rings is 2. The third-order valence-electron chi connectivity index (χ3n) is 4.36. The fraction of sp³-hybridized carbons (Fsp3) is 0.320. The highest BCUT2D eigenvalue weighted by Crippen LogP contribution is 2.26. The van der Waals surface area contributed by atoms with Gasteiger partial charge in [-0.3, -0.25) is 9.89 Å². The van der Waals surface area contributed by atoms with Gasteiger partial charge < -0.3 is 14.8 Å². The van der Waals surface area contributed by atoms with Crippen LogP contribution in [0.5, 0.6) is 5.75 Å². The molecule has 0 saturated carbocycles. The van der Waals surface area contributed by atoms with E-state index in [1.807, 2.05) is 71.0 Å². The zero-order valence-electron chi connectivity index (χ0n) is 19.1. The first-order valence-electron chi connectivity index (χ1n) is 10.5. The lowest BCUT2D eigenvalue weighted by atomic mass is 10.1. The summed E-state index contributed by atoms with van der Waals surface area (Å²) in [6.07, 6.45) is 0. The normalized spacial score (nSPS) is 11.3. The highest BCUT2D eigenvalue weighted by Gasteiger charge is 2.16. The fourth-order valence-electron chi connectivity index (χ4n) is 3.03. The van der Waals surface area contributed by atoms with Crippen LogP contribution in [0.25, 0.3) is 22.5 Å². The second-order valence-electron chi connectivity index (χ2n) is 8.78. The van der Waals surface area contributed by atoms with Crippen LogP contribution in [-0.4, -0.2) is 40.3 Å². The molecule has 0 saturated heterocycles. The van der Waals surface area contributed by atoms with Gasteiger partial charge in [-0.2, -0.15) is 5.10 Å². The predicted molar refractivity (Wildman–Crippen MR) is 123 cm³/mol. The minimum Gasteiger partial charge on any atom is -0.482 e. The third-order valence-corrected chi connectivity index (χ3v) is 4.36. The lowest BCUT2D eigenvalue weighted by Gasteiger charge is -2.19. The first-order valence-corrected chi connectivity index (χ1v) is 10.5. The van der Waals surface area contributed by atoms with E-state index in [0.29, 0.717) is 11.3 Å². The summed E-state index contributed by atoms with van der Waals surface area (Å²) in [6.45, 7) is 9.15. The second-order valence-corrected chi connectivity index (χ2v) is 8.78. The van der Waals surface area contributed by atoms with Crippen LogP contribution in [0.4, 0.5) is 0 Å². The van der Waals surface area contributed by atoms with Gasteiger partial charge in [0.2, 0.25) is 0 Å². The molecule has 0 radical (unpaired) electrons. The van der Waals surface area contributed by atoms with Crippen molar-refractivity contribution in [1.29, 1.82) is 0 Å². The maximum Gasteiger partial charge on any atom is 0.344 e. The molecule has 2 aromatic carbocycles. The number of aromatic nitrogens is 2. The van der Waals surface area contributed by atoms with E-state index in [4.69, 9.17) is 9.47 Å². The average Bonchev–Trinajstić information content (AvgIpc) is 3.21. The number of amides is 1. The monoisotopic (exact) mass is 435 g/mol. The van der Waals surface area contributed by atoms with Gasteiger partial charge in [0.1, 0.15) is 11.4 Å². The number of rotatable bonds is 7. The quantitative estimate of drug-likeness (QED) is 0.529. The number of hydrogen-bond donors (Lipinski definition) is 2. The van der Waals surface area contributed by atoms with E-state index in [2.05, 4.69) is 15.5 Å². The number of H-pyrrole nitrogens is 1. The predicted octanol–water partition coefficient (Wildman–Crippen LogP) is 4.60. The van der Waals surface area contributed by atoms with Crippen LogP contribution in [0.1, 0.15) is 45.0 Å². The summed E-state index contributed by atoms with van der Waals surface area (Å²) in [6, 6.07) is 16.7. The van der Waals surface area contributed by atoms with Gasteiger partial charge in [0.25, 0.3) is 5.91 Å². The van der Waals surface area contributed by atoms with E-state index < -0.39 is 11.6 Å². The van der Waals surface area contributed by atoms with Crippen molar-refractivity contribution >= 4 is 11.9 Å². The van der Waals surface area contributed by atoms with Gasteiger partial charge >= 0.3 is 5.97 Å². The molecule has 0 bridgehead atoms. The first kappa shape index (κ1) is 23.1. The molecule has 0 spiro atoms. The maximum absolute atomic E-state index is 12.3. The molecule has 0 aliphatic heterocycles. The van der Waals surface area contributed by atoms with Gasteiger partial charge in [0, 0.05) is 17.2 Å². The van der Waals surface area contributed by atoms with Crippen molar-refractivity contribution in [3.8, 4) is 28.3 Å². The van der Waals surface area contributed by atoms with Crippen LogP contribution in [0.3, 0.4) is 0 Å². The number of esters is 1. The van der Waals surface area contributed by atoms with Crippen LogP contribution >= 0.6 is 0 Å². The van der Waals surface area contributed by atoms with Crippen LogP contribution < -0.4 is 10.1 Å². The minimum absolute atomic E-state index is 0.0687. The Morgan fingerprint density at radius 3 is 2.41 bits per heavy atom. The highest BCUT2D eigenvalue weighted by molar-refractivity contribution is 5.95. The fourth-order valence-corrected chi connectivity index (χ4v) is 3.03.